The first-order valence-electron chi connectivity index (χ1n) is 7.21. The van der Waals surface area contributed by atoms with Crippen LogP contribution in [-0.4, -0.2) is 55.2 Å². The summed E-state index contributed by atoms with van der Waals surface area (Å²) in [7, 11) is 4.33. The molecule has 1 aromatic heterocycles. The molecule has 106 valence electrons. The lowest BCUT2D eigenvalue weighted by Gasteiger charge is -2.38. The van der Waals surface area contributed by atoms with Gasteiger partial charge in [0, 0.05) is 25.7 Å². The van der Waals surface area contributed by atoms with E-state index in [0.29, 0.717) is 6.04 Å². The van der Waals surface area contributed by atoms with Crippen LogP contribution in [0, 0.1) is 0 Å². The average molecular weight is 280 g/mol. The predicted octanol–water partition coefficient (Wildman–Crippen LogP) is 2.43. The SMILES string of the molecule is CN(C)[C@@H]1COC2(CCN(Cc3ccsc3)CC2)C1. The van der Waals surface area contributed by atoms with E-state index < -0.39 is 0 Å². The zero-order chi connectivity index (χ0) is 13.3. The average Bonchev–Trinajstić information content (AvgIpc) is 3.03. The van der Waals surface area contributed by atoms with Crippen LogP contribution in [0.3, 0.4) is 0 Å². The molecule has 0 bridgehead atoms. The van der Waals surface area contributed by atoms with Crippen LogP contribution in [0.5, 0.6) is 0 Å². The van der Waals surface area contributed by atoms with Gasteiger partial charge in [0.15, 0.2) is 0 Å². The van der Waals surface area contributed by atoms with Crippen molar-refractivity contribution in [2.75, 3.05) is 33.8 Å². The molecule has 0 radical (unpaired) electrons. The fourth-order valence-corrected chi connectivity index (χ4v) is 3.92. The van der Waals surface area contributed by atoms with Crippen LogP contribution in [0.2, 0.25) is 0 Å². The van der Waals surface area contributed by atoms with Crippen molar-refractivity contribution in [1.29, 1.82) is 0 Å². The van der Waals surface area contributed by atoms with E-state index >= 15 is 0 Å². The van der Waals surface area contributed by atoms with Gasteiger partial charge in [-0.2, -0.15) is 11.3 Å². The van der Waals surface area contributed by atoms with E-state index in [0.717, 1.165) is 13.2 Å². The fraction of sp³-hybridized carbons (Fsp3) is 0.733. The second-order valence-electron chi connectivity index (χ2n) is 6.22. The Hall–Kier alpha value is -0.420. The van der Waals surface area contributed by atoms with Gasteiger partial charge in [0.05, 0.1) is 12.2 Å². The predicted molar refractivity (Wildman–Crippen MR) is 79.6 cm³/mol. The standard InChI is InChI=1S/C15H24N2OS/c1-16(2)14-9-15(18-11-14)4-6-17(7-5-15)10-13-3-8-19-12-13/h3,8,12,14H,4-7,9-11H2,1-2H3/t14-/m0/s1. The summed E-state index contributed by atoms with van der Waals surface area (Å²) in [5.41, 5.74) is 1.64. The summed E-state index contributed by atoms with van der Waals surface area (Å²) in [6, 6.07) is 2.85. The lowest BCUT2D eigenvalue weighted by atomic mass is 9.87. The van der Waals surface area contributed by atoms with Crippen LogP contribution in [0.15, 0.2) is 16.8 Å². The van der Waals surface area contributed by atoms with Crippen molar-refractivity contribution < 1.29 is 4.74 Å². The van der Waals surface area contributed by atoms with Crippen LogP contribution >= 0.6 is 11.3 Å². The minimum atomic E-state index is 0.181. The molecular formula is C15H24N2OS. The van der Waals surface area contributed by atoms with Gasteiger partial charge >= 0.3 is 0 Å². The highest BCUT2D eigenvalue weighted by Gasteiger charge is 2.43. The number of ether oxygens (including phenoxy) is 1. The molecule has 2 aliphatic heterocycles. The minimum Gasteiger partial charge on any atom is -0.373 e. The normalized spacial score (nSPS) is 27.4. The first-order valence-corrected chi connectivity index (χ1v) is 8.15. The largest absolute Gasteiger partial charge is 0.373 e. The van der Waals surface area contributed by atoms with E-state index in [2.05, 4.69) is 40.7 Å². The van der Waals surface area contributed by atoms with E-state index in [1.54, 1.807) is 11.3 Å². The summed E-state index contributed by atoms with van der Waals surface area (Å²) in [6.07, 6.45) is 3.61. The van der Waals surface area contributed by atoms with Crippen LogP contribution in [0.1, 0.15) is 24.8 Å². The fourth-order valence-electron chi connectivity index (χ4n) is 3.26. The maximum Gasteiger partial charge on any atom is 0.0723 e. The maximum atomic E-state index is 6.17. The lowest BCUT2D eigenvalue weighted by molar-refractivity contribution is -0.0451. The summed E-state index contributed by atoms with van der Waals surface area (Å²) in [4.78, 5) is 4.88. The van der Waals surface area contributed by atoms with Crippen LogP contribution in [0.25, 0.3) is 0 Å². The Morgan fingerprint density at radius 1 is 1.42 bits per heavy atom. The van der Waals surface area contributed by atoms with E-state index in [-0.39, 0.29) is 5.60 Å². The summed E-state index contributed by atoms with van der Waals surface area (Å²) in [5.74, 6) is 0. The van der Waals surface area contributed by atoms with Crippen molar-refractivity contribution in [3.8, 4) is 0 Å². The monoisotopic (exact) mass is 280 g/mol. The lowest BCUT2D eigenvalue weighted by Crippen LogP contribution is -2.44. The van der Waals surface area contributed by atoms with Crippen molar-refractivity contribution in [2.45, 2.75) is 37.5 Å². The highest BCUT2D eigenvalue weighted by Crippen LogP contribution is 2.37. The van der Waals surface area contributed by atoms with Gasteiger partial charge in [-0.15, -0.1) is 0 Å². The van der Waals surface area contributed by atoms with Crippen molar-refractivity contribution in [3.63, 3.8) is 0 Å². The highest BCUT2D eigenvalue weighted by molar-refractivity contribution is 7.07. The molecule has 0 saturated carbocycles. The van der Waals surface area contributed by atoms with Gasteiger partial charge in [-0.1, -0.05) is 0 Å². The number of likely N-dealkylation sites (N-methyl/N-ethyl adjacent to an activating group) is 1. The first-order chi connectivity index (χ1) is 9.17. The number of hydrogen-bond donors (Lipinski definition) is 0. The number of likely N-dealkylation sites (tertiary alicyclic amines) is 1. The van der Waals surface area contributed by atoms with Crippen LogP contribution in [-0.2, 0) is 11.3 Å². The van der Waals surface area contributed by atoms with Crippen LogP contribution in [0.4, 0.5) is 0 Å². The van der Waals surface area contributed by atoms with Gasteiger partial charge in [-0.25, -0.2) is 0 Å². The summed E-state index contributed by atoms with van der Waals surface area (Å²) in [6.45, 7) is 4.38. The third-order valence-electron chi connectivity index (χ3n) is 4.67. The Labute approximate surface area is 120 Å². The van der Waals surface area contributed by atoms with Gasteiger partial charge < -0.3 is 9.64 Å². The Morgan fingerprint density at radius 2 is 2.21 bits per heavy atom. The van der Waals surface area contributed by atoms with Crippen molar-refractivity contribution in [3.05, 3.63) is 22.4 Å². The quantitative estimate of drug-likeness (QED) is 0.846. The van der Waals surface area contributed by atoms with E-state index in [4.69, 9.17) is 4.74 Å². The third-order valence-corrected chi connectivity index (χ3v) is 5.41. The van der Waals surface area contributed by atoms with E-state index in [1.165, 1.54) is 37.9 Å². The molecule has 1 atom stereocenters. The molecule has 0 aromatic carbocycles. The smallest absolute Gasteiger partial charge is 0.0723 e. The molecule has 1 aromatic rings. The number of piperidine rings is 1. The molecule has 3 nitrogen and oxygen atoms in total. The number of nitrogens with zero attached hydrogens (tertiary/aromatic N) is 2. The molecule has 3 rings (SSSR count). The summed E-state index contributed by atoms with van der Waals surface area (Å²) < 4.78 is 6.17. The maximum absolute atomic E-state index is 6.17. The second kappa shape index (κ2) is 5.52. The molecule has 19 heavy (non-hydrogen) atoms. The van der Waals surface area contributed by atoms with Gasteiger partial charge in [0.2, 0.25) is 0 Å². The summed E-state index contributed by atoms with van der Waals surface area (Å²) in [5, 5.41) is 4.43. The van der Waals surface area contributed by atoms with Gasteiger partial charge in [0.25, 0.3) is 0 Å². The van der Waals surface area contributed by atoms with Gasteiger partial charge in [-0.3, -0.25) is 4.90 Å². The second-order valence-corrected chi connectivity index (χ2v) is 7.00. The zero-order valence-corrected chi connectivity index (χ0v) is 12.8. The van der Waals surface area contributed by atoms with Crippen molar-refractivity contribution in [2.24, 2.45) is 0 Å². The highest BCUT2D eigenvalue weighted by atomic mass is 32.1. The minimum absolute atomic E-state index is 0.181. The molecule has 2 saturated heterocycles. The molecule has 4 heteroatoms. The Kier molecular flexibility index (Phi) is 3.94. The van der Waals surface area contributed by atoms with Gasteiger partial charge in [0.1, 0.15) is 0 Å². The van der Waals surface area contributed by atoms with E-state index in [1.807, 2.05) is 0 Å². The zero-order valence-electron chi connectivity index (χ0n) is 12.0. The molecule has 0 N–H and O–H groups in total. The van der Waals surface area contributed by atoms with Crippen molar-refractivity contribution >= 4 is 11.3 Å². The Bertz CT molecular complexity index is 396. The number of rotatable bonds is 3. The topological polar surface area (TPSA) is 15.7 Å². The molecule has 0 unspecified atom stereocenters. The molecule has 2 fully saturated rings. The first kappa shape index (κ1) is 13.6. The van der Waals surface area contributed by atoms with Crippen molar-refractivity contribution in [1.82, 2.24) is 9.80 Å². The molecule has 0 amide bonds. The van der Waals surface area contributed by atoms with Crippen LogP contribution < -0.4 is 0 Å². The summed E-state index contributed by atoms with van der Waals surface area (Å²) >= 11 is 1.79. The van der Waals surface area contributed by atoms with Gasteiger partial charge in [-0.05, 0) is 55.7 Å². The Morgan fingerprint density at radius 3 is 2.79 bits per heavy atom. The molecule has 1 spiro atoms. The van der Waals surface area contributed by atoms with E-state index in [9.17, 15) is 0 Å². The molecule has 2 aliphatic rings. The number of hydrogen-bond acceptors (Lipinski definition) is 4. The molecular weight excluding hydrogens is 256 g/mol. The molecule has 3 heterocycles. The Balaban J connectivity index is 1.52. The molecule has 0 aliphatic carbocycles. The third kappa shape index (κ3) is 3.02. The number of thiophene rings is 1.